The van der Waals surface area contributed by atoms with Gasteiger partial charge in [-0.2, -0.15) is 0 Å². The van der Waals surface area contributed by atoms with Crippen LogP contribution in [0.5, 0.6) is 0 Å². The maximum Gasteiger partial charge on any atom is 0.311 e. The van der Waals surface area contributed by atoms with Crippen molar-refractivity contribution in [3.05, 3.63) is 22.2 Å². The number of rotatable bonds is 6. The number of anilines is 2. The molecule has 0 aliphatic rings. The summed E-state index contributed by atoms with van der Waals surface area (Å²) in [6.45, 7) is 4.11. The lowest BCUT2D eigenvalue weighted by atomic mass is 10.1. The molecule has 0 aliphatic heterocycles. The van der Waals surface area contributed by atoms with E-state index < -0.39 is 4.92 Å². The minimum Gasteiger partial charge on any atom is -0.384 e. The highest BCUT2D eigenvalue weighted by molar-refractivity contribution is 5.59. The molecular formula is C11H18N4O2. The largest absolute Gasteiger partial charge is 0.384 e. The molecule has 3 N–H and O–H groups in total. The fourth-order valence-electron chi connectivity index (χ4n) is 1.64. The van der Waals surface area contributed by atoms with E-state index in [1.807, 2.05) is 6.92 Å². The molecule has 0 saturated carbocycles. The average molecular weight is 238 g/mol. The highest BCUT2D eigenvalue weighted by Crippen LogP contribution is 2.24. The average Bonchev–Trinajstić information content (AvgIpc) is 2.28. The van der Waals surface area contributed by atoms with Crippen LogP contribution in [0.25, 0.3) is 0 Å². The third-order valence-corrected chi connectivity index (χ3v) is 2.56. The zero-order valence-electron chi connectivity index (χ0n) is 10.1. The van der Waals surface area contributed by atoms with E-state index in [2.05, 4.69) is 17.2 Å². The first-order valence-electron chi connectivity index (χ1n) is 5.75. The second kappa shape index (κ2) is 6.03. The van der Waals surface area contributed by atoms with Gasteiger partial charge >= 0.3 is 5.69 Å². The van der Waals surface area contributed by atoms with Crippen molar-refractivity contribution in [3.8, 4) is 0 Å². The Kier molecular flexibility index (Phi) is 4.68. The second-order valence-electron chi connectivity index (χ2n) is 3.90. The van der Waals surface area contributed by atoms with E-state index >= 15 is 0 Å². The number of aromatic nitrogens is 1. The molecule has 94 valence electrons. The van der Waals surface area contributed by atoms with Gasteiger partial charge in [0.2, 0.25) is 5.82 Å². The number of nitrogens with two attached hydrogens (primary N) is 1. The molecule has 0 amide bonds. The fourth-order valence-corrected chi connectivity index (χ4v) is 1.64. The van der Waals surface area contributed by atoms with Crippen molar-refractivity contribution < 1.29 is 4.92 Å². The molecular weight excluding hydrogens is 220 g/mol. The predicted molar refractivity (Wildman–Crippen MR) is 67.9 cm³/mol. The van der Waals surface area contributed by atoms with Gasteiger partial charge in [-0.15, -0.1) is 0 Å². The van der Waals surface area contributed by atoms with Gasteiger partial charge in [0, 0.05) is 12.1 Å². The Morgan fingerprint density at radius 1 is 1.53 bits per heavy atom. The van der Waals surface area contributed by atoms with E-state index in [1.54, 1.807) is 0 Å². The Balaban J connectivity index is 2.94. The van der Waals surface area contributed by atoms with Crippen LogP contribution in [0.3, 0.4) is 0 Å². The molecule has 1 aromatic rings. The zero-order chi connectivity index (χ0) is 12.8. The van der Waals surface area contributed by atoms with E-state index in [9.17, 15) is 10.1 Å². The van der Waals surface area contributed by atoms with Crippen LogP contribution in [0.1, 0.15) is 33.1 Å². The van der Waals surface area contributed by atoms with Gasteiger partial charge in [-0.25, -0.2) is 4.98 Å². The molecule has 0 saturated heterocycles. The summed E-state index contributed by atoms with van der Waals surface area (Å²) < 4.78 is 0. The van der Waals surface area contributed by atoms with Crippen LogP contribution < -0.4 is 11.1 Å². The highest BCUT2D eigenvalue weighted by Gasteiger charge is 2.17. The minimum absolute atomic E-state index is 0.0336. The van der Waals surface area contributed by atoms with Crippen molar-refractivity contribution >= 4 is 17.3 Å². The summed E-state index contributed by atoms with van der Waals surface area (Å²) in [7, 11) is 0. The number of pyridine rings is 1. The molecule has 0 aromatic carbocycles. The van der Waals surface area contributed by atoms with Crippen LogP contribution in [0.15, 0.2) is 12.1 Å². The third kappa shape index (κ3) is 3.58. The van der Waals surface area contributed by atoms with Crippen molar-refractivity contribution in [1.82, 2.24) is 4.98 Å². The molecule has 6 nitrogen and oxygen atoms in total. The summed E-state index contributed by atoms with van der Waals surface area (Å²) in [6, 6.07) is 3.00. The summed E-state index contributed by atoms with van der Waals surface area (Å²) in [4.78, 5) is 14.4. The Morgan fingerprint density at radius 3 is 2.76 bits per heavy atom. The molecule has 1 aromatic heterocycles. The Labute approximate surface area is 100 Å². The lowest BCUT2D eigenvalue weighted by Gasteiger charge is -2.16. The summed E-state index contributed by atoms with van der Waals surface area (Å²) in [5.74, 6) is 0.541. The Morgan fingerprint density at radius 2 is 2.24 bits per heavy atom. The summed E-state index contributed by atoms with van der Waals surface area (Å²) in [6.07, 6.45) is 2.85. The molecule has 1 atom stereocenters. The van der Waals surface area contributed by atoms with Gasteiger partial charge < -0.3 is 11.1 Å². The number of nitrogens with one attached hydrogen (secondary N) is 1. The quantitative estimate of drug-likeness (QED) is 0.586. The molecule has 0 fully saturated rings. The minimum atomic E-state index is -0.451. The van der Waals surface area contributed by atoms with Crippen molar-refractivity contribution in [1.29, 1.82) is 0 Å². The lowest BCUT2D eigenvalue weighted by Crippen LogP contribution is -2.20. The van der Waals surface area contributed by atoms with E-state index in [0.29, 0.717) is 0 Å². The number of hydrogen-bond acceptors (Lipinski definition) is 5. The van der Waals surface area contributed by atoms with Crippen molar-refractivity contribution in [2.45, 2.75) is 39.2 Å². The van der Waals surface area contributed by atoms with Crippen LogP contribution in [0, 0.1) is 10.1 Å². The third-order valence-electron chi connectivity index (χ3n) is 2.56. The zero-order valence-corrected chi connectivity index (χ0v) is 10.1. The van der Waals surface area contributed by atoms with Crippen molar-refractivity contribution in [3.63, 3.8) is 0 Å². The van der Waals surface area contributed by atoms with Gasteiger partial charge in [0.15, 0.2) is 0 Å². The van der Waals surface area contributed by atoms with Gasteiger partial charge in [-0.3, -0.25) is 10.1 Å². The van der Waals surface area contributed by atoms with E-state index in [-0.39, 0.29) is 23.4 Å². The predicted octanol–water partition coefficient (Wildman–Crippen LogP) is 2.56. The van der Waals surface area contributed by atoms with Crippen LogP contribution in [-0.2, 0) is 0 Å². The molecule has 0 radical (unpaired) electrons. The van der Waals surface area contributed by atoms with Gasteiger partial charge in [0.25, 0.3) is 0 Å². The normalized spacial score (nSPS) is 12.1. The van der Waals surface area contributed by atoms with E-state index in [4.69, 9.17) is 5.73 Å². The van der Waals surface area contributed by atoms with Gasteiger partial charge in [0.05, 0.1) is 4.92 Å². The van der Waals surface area contributed by atoms with E-state index in [1.165, 1.54) is 12.1 Å². The molecule has 6 heteroatoms. The molecule has 1 rings (SSSR count). The smallest absolute Gasteiger partial charge is 0.311 e. The molecule has 0 aliphatic carbocycles. The monoisotopic (exact) mass is 238 g/mol. The van der Waals surface area contributed by atoms with Crippen LogP contribution >= 0.6 is 0 Å². The molecule has 17 heavy (non-hydrogen) atoms. The number of nitrogen functional groups attached to an aromatic ring is 1. The molecule has 1 heterocycles. The van der Waals surface area contributed by atoms with E-state index in [0.717, 1.165) is 19.3 Å². The molecule has 0 bridgehead atoms. The maximum absolute atomic E-state index is 10.8. The van der Waals surface area contributed by atoms with Crippen molar-refractivity contribution in [2.75, 3.05) is 11.1 Å². The Hall–Kier alpha value is -1.85. The fraction of sp³-hybridized carbons (Fsp3) is 0.545. The molecule has 1 unspecified atom stereocenters. The first kappa shape index (κ1) is 13.2. The van der Waals surface area contributed by atoms with Crippen molar-refractivity contribution in [2.24, 2.45) is 0 Å². The number of hydrogen-bond donors (Lipinski definition) is 2. The van der Waals surface area contributed by atoms with Crippen LogP contribution in [0.4, 0.5) is 17.3 Å². The molecule has 0 spiro atoms. The number of nitrogens with zero attached hydrogens (tertiary/aromatic N) is 2. The van der Waals surface area contributed by atoms with Gasteiger partial charge in [0.1, 0.15) is 5.82 Å². The van der Waals surface area contributed by atoms with Crippen LogP contribution in [0.2, 0.25) is 0 Å². The van der Waals surface area contributed by atoms with Gasteiger partial charge in [-0.05, 0) is 18.9 Å². The summed E-state index contributed by atoms with van der Waals surface area (Å²) in [5.41, 5.74) is 5.51. The maximum atomic E-state index is 10.8. The first-order valence-corrected chi connectivity index (χ1v) is 5.75. The standard InChI is InChI=1S/C11H18N4O2/c1-3-5-8(4-2)13-11-9(15(16)17)6-7-10(12)14-11/h6-8H,3-5H2,1-2H3,(H3,12,13,14). The topological polar surface area (TPSA) is 94.1 Å². The lowest BCUT2D eigenvalue weighted by molar-refractivity contribution is -0.384. The first-order chi connectivity index (χ1) is 8.08. The number of nitro groups is 1. The van der Waals surface area contributed by atoms with Gasteiger partial charge in [-0.1, -0.05) is 20.3 Å². The SMILES string of the molecule is CCCC(CC)Nc1nc(N)ccc1[N+](=O)[O-]. The summed E-state index contributed by atoms with van der Waals surface area (Å²) >= 11 is 0. The van der Waals surface area contributed by atoms with Crippen LogP contribution in [-0.4, -0.2) is 15.9 Å². The highest BCUT2D eigenvalue weighted by atomic mass is 16.6. The summed E-state index contributed by atoms with van der Waals surface area (Å²) in [5, 5.41) is 13.9. The Bertz CT molecular complexity index is 395. The second-order valence-corrected chi connectivity index (χ2v) is 3.90.